The summed E-state index contributed by atoms with van der Waals surface area (Å²) in [6.07, 6.45) is 2.31. The highest BCUT2D eigenvalue weighted by molar-refractivity contribution is 7.03. The highest BCUT2D eigenvalue weighted by Crippen LogP contribution is 2.38. The van der Waals surface area contributed by atoms with Crippen molar-refractivity contribution in [1.82, 2.24) is 19.7 Å². The van der Waals surface area contributed by atoms with Crippen LogP contribution in [-0.4, -0.2) is 19.7 Å². The predicted octanol–water partition coefficient (Wildman–Crippen LogP) is 0.998. The third kappa shape index (κ3) is 1.64. The number of rotatable bonds is 3. The molecule has 2 N–H and O–H groups in total. The highest BCUT2D eigenvalue weighted by Gasteiger charge is 2.32. The van der Waals surface area contributed by atoms with Gasteiger partial charge in [-0.15, -0.1) is 5.10 Å². The summed E-state index contributed by atoms with van der Waals surface area (Å²) in [6, 6.07) is -0.103. The van der Waals surface area contributed by atoms with Gasteiger partial charge in [-0.05, 0) is 30.3 Å². The van der Waals surface area contributed by atoms with Gasteiger partial charge in [0.1, 0.15) is 0 Å². The van der Waals surface area contributed by atoms with Crippen LogP contribution < -0.4 is 5.73 Å². The van der Waals surface area contributed by atoms with E-state index in [0.29, 0.717) is 23.3 Å². The Labute approximate surface area is 89.7 Å². The van der Waals surface area contributed by atoms with E-state index in [1.54, 1.807) is 5.38 Å². The van der Waals surface area contributed by atoms with Crippen LogP contribution in [0.2, 0.25) is 0 Å². The Morgan fingerprint density at radius 1 is 1.53 bits per heavy atom. The molecule has 2 aromatic rings. The number of hydrogen-bond donors (Lipinski definition) is 1. The van der Waals surface area contributed by atoms with E-state index in [4.69, 9.17) is 10.3 Å². The van der Waals surface area contributed by atoms with Gasteiger partial charge >= 0.3 is 0 Å². The standard InChI is InChI=1S/C8H9N5OS/c9-6(4-1-2-4)7-10-8(14-12-7)5-3-15-13-11-5/h3-4,6H,1-2,9H2. The van der Waals surface area contributed by atoms with Crippen LogP contribution in [0.4, 0.5) is 0 Å². The highest BCUT2D eigenvalue weighted by atomic mass is 32.1. The van der Waals surface area contributed by atoms with Crippen LogP contribution in [0.15, 0.2) is 9.90 Å². The van der Waals surface area contributed by atoms with Crippen molar-refractivity contribution in [1.29, 1.82) is 0 Å². The zero-order valence-electron chi connectivity index (χ0n) is 7.83. The molecule has 1 aliphatic carbocycles. The topological polar surface area (TPSA) is 90.7 Å². The molecule has 0 amide bonds. The lowest BCUT2D eigenvalue weighted by atomic mass is 10.2. The van der Waals surface area contributed by atoms with Gasteiger partial charge in [0.05, 0.1) is 6.04 Å². The van der Waals surface area contributed by atoms with Crippen molar-refractivity contribution in [2.24, 2.45) is 11.7 Å². The fourth-order valence-electron chi connectivity index (χ4n) is 1.40. The Balaban J connectivity index is 1.87. The van der Waals surface area contributed by atoms with Gasteiger partial charge in [-0.25, -0.2) is 0 Å². The predicted molar refractivity (Wildman–Crippen MR) is 52.9 cm³/mol. The number of aromatic nitrogens is 4. The van der Waals surface area contributed by atoms with Crippen molar-refractivity contribution in [3.05, 3.63) is 11.2 Å². The van der Waals surface area contributed by atoms with E-state index in [1.165, 1.54) is 11.5 Å². The Hall–Kier alpha value is -1.34. The van der Waals surface area contributed by atoms with Gasteiger partial charge < -0.3 is 10.3 Å². The normalized spacial score (nSPS) is 17.9. The molecule has 1 atom stereocenters. The molecule has 2 heterocycles. The number of hydrogen-bond acceptors (Lipinski definition) is 7. The fraction of sp³-hybridized carbons (Fsp3) is 0.500. The molecule has 1 unspecified atom stereocenters. The average molecular weight is 223 g/mol. The number of nitrogens with zero attached hydrogens (tertiary/aromatic N) is 4. The van der Waals surface area contributed by atoms with Crippen LogP contribution in [0, 0.1) is 5.92 Å². The van der Waals surface area contributed by atoms with Crippen LogP contribution in [0.3, 0.4) is 0 Å². The summed E-state index contributed by atoms with van der Waals surface area (Å²) in [7, 11) is 0. The van der Waals surface area contributed by atoms with Crippen molar-refractivity contribution < 1.29 is 4.52 Å². The van der Waals surface area contributed by atoms with Crippen LogP contribution in [0.25, 0.3) is 11.6 Å². The third-order valence-corrected chi connectivity index (χ3v) is 2.95. The molecule has 1 aliphatic rings. The third-order valence-electron chi connectivity index (χ3n) is 2.45. The van der Waals surface area contributed by atoms with Crippen molar-refractivity contribution in [3.8, 4) is 11.6 Å². The van der Waals surface area contributed by atoms with E-state index in [-0.39, 0.29) is 6.04 Å². The lowest BCUT2D eigenvalue weighted by Crippen LogP contribution is -2.13. The second-order valence-corrected chi connectivity index (χ2v) is 4.22. The zero-order chi connectivity index (χ0) is 10.3. The van der Waals surface area contributed by atoms with E-state index in [2.05, 4.69) is 19.7 Å². The molecule has 0 aromatic carbocycles. The first-order valence-electron chi connectivity index (χ1n) is 4.71. The van der Waals surface area contributed by atoms with E-state index in [0.717, 1.165) is 12.8 Å². The van der Waals surface area contributed by atoms with Crippen LogP contribution in [0.1, 0.15) is 24.7 Å². The number of nitrogens with two attached hydrogens (primary N) is 1. The first-order chi connectivity index (χ1) is 7.34. The maximum atomic E-state index is 5.95. The largest absolute Gasteiger partial charge is 0.332 e. The summed E-state index contributed by atoms with van der Waals surface area (Å²) in [4.78, 5) is 4.22. The van der Waals surface area contributed by atoms with Gasteiger partial charge in [0.2, 0.25) is 0 Å². The second kappa shape index (κ2) is 3.35. The molecule has 15 heavy (non-hydrogen) atoms. The van der Waals surface area contributed by atoms with Crippen molar-refractivity contribution in [2.75, 3.05) is 0 Å². The van der Waals surface area contributed by atoms with Gasteiger partial charge in [0, 0.05) is 5.38 Å². The molecule has 0 bridgehead atoms. The molecule has 0 spiro atoms. The SMILES string of the molecule is NC(c1noc(-c2csnn2)n1)C1CC1. The first kappa shape index (κ1) is 8.93. The van der Waals surface area contributed by atoms with Gasteiger partial charge in [-0.1, -0.05) is 9.64 Å². The molecule has 78 valence electrons. The minimum atomic E-state index is -0.103. The molecule has 3 rings (SSSR count). The molecule has 1 saturated carbocycles. The van der Waals surface area contributed by atoms with Crippen molar-refractivity contribution >= 4 is 11.5 Å². The summed E-state index contributed by atoms with van der Waals surface area (Å²) < 4.78 is 8.80. The van der Waals surface area contributed by atoms with Gasteiger partial charge in [0.25, 0.3) is 5.89 Å². The Morgan fingerprint density at radius 2 is 2.40 bits per heavy atom. The monoisotopic (exact) mass is 223 g/mol. The van der Waals surface area contributed by atoms with Crippen molar-refractivity contribution in [3.63, 3.8) is 0 Å². The van der Waals surface area contributed by atoms with E-state index in [1.807, 2.05) is 0 Å². The second-order valence-electron chi connectivity index (χ2n) is 3.61. The summed E-state index contributed by atoms with van der Waals surface area (Å²) in [5.41, 5.74) is 6.56. The van der Waals surface area contributed by atoms with Gasteiger partial charge in [0.15, 0.2) is 11.5 Å². The molecule has 2 aromatic heterocycles. The minimum absolute atomic E-state index is 0.103. The molecule has 1 fully saturated rings. The molecule has 6 nitrogen and oxygen atoms in total. The van der Waals surface area contributed by atoms with E-state index in [9.17, 15) is 0 Å². The van der Waals surface area contributed by atoms with E-state index < -0.39 is 0 Å². The fourth-order valence-corrected chi connectivity index (χ4v) is 1.83. The lowest BCUT2D eigenvalue weighted by molar-refractivity contribution is 0.410. The Kier molecular flexibility index (Phi) is 2.00. The summed E-state index contributed by atoms with van der Waals surface area (Å²) in [6.45, 7) is 0. The smallest absolute Gasteiger partial charge is 0.279 e. The Morgan fingerprint density at radius 3 is 3.07 bits per heavy atom. The van der Waals surface area contributed by atoms with Crippen LogP contribution in [-0.2, 0) is 0 Å². The quantitative estimate of drug-likeness (QED) is 0.834. The lowest BCUT2D eigenvalue weighted by Gasteiger charge is -2.01. The molecule has 7 heteroatoms. The van der Waals surface area contributed by atoms with Gasteiger partial charge in [-0.2, -0.15) is 4.98 Å². The van der Waals surface area contributed by atoms with Crippen molar-refractivity contribution in [2.45, 2.75) is 18.9 Å². The first-order valence-corrected chi connectivity index (χ1v) is 5.55. The Bertz CT molecular complexity index is 449. The summed E-state index contributed by atoms with van der Waals surface area (Å²) in [5.74, 6) is 1.49. The summed E-state index contributed by atoms with van der Waals surface area (Å²) >= 11 is 1.25. The average Bonchev–Trinajstić information content (AvgIpc) is 2.80. The molecule has 0 radical (unpaired) electrons. The maximum Gasteiger partial charge on any atom is 0.279 e. The van der Waals surface area contributed by atoms with Crippen LogP contribution >= 0.6 is 11.5 Å². The molecule has 0 aliphatic heterocycles. The van der Waals surface area contributed by atoms with E-state index >= 15 is 0 Å². The molecule has 0 saturated heterocycles. The minimum Gasteiger partial charge on any atom is -0.332 e. The maximum absolute atomic E-state index is 5.95. The molecular formula is C8H9N5OS. The zero-order valence-corrected chi connectivity index (χ0v) is 8.65. The summed E-state index contributed by atoms with van der Waals surface area (Å²) in [5, 5.41) is 9.47. The van der Waals surface area contributed by atoms with Crippen LogP contribution in [0.5, 0.6) is 0 Å². The van der Waals surface area contributed by atoms with Gasteiger partial charge in [-0.3, -0.25) is 0 Å². The molecular weight excluding hydrogens is 214 g/mol.